The van der Waals surface area contributed by atoms with Crippen LogP contribution < -0.4 is 11.2 Å². The monoisotopic (exact) mass is 358 g/mol. The van der Waals surface area contributed by atoms with Gasteiger partial charge in [-0.15, -0.1) is 0 Å². The average molecular weight is 358 g/mol. The van der Waals surface area contributed by atoms with Crippen LogP contribution in [0.25, 0.3) is 0 Å². The Labute approximate surface area is 130 Å². The Balaban J connectivity index is 2.48. The predicted molar refractivity (Wildman–Crippen MR) is 70.0 cm³/mol. The van der Waals surface area contributed by atoms with Crippen molar-refractivity contribution < 1.29 is 41.0 Å². The molecule has 1 aliphatic heterocycles. The molecule has 1 aromatic heterocycles. The summed E-state index contributed by atoms with van der Waals surface area (Å²) < 4.78 is 49.0. The molecule has 1 aliphatic rings. The number of nitrogens with one attached hydrogen (secondary N) is 1. The van der Waals surface area contributed by atoms with Gasteiger partial charge in [0.25, 0.3) is 11.4 Å². The number of ether oxygens (including phenoxy) is 1. The number of aryl methyl sites for hydroxylation is 1. The summed E-state index contributed by atoms with van der Waals surface area (Å²) in [5, 5.41) is 19.7. The Kier molecular flexibility index (Phi) is 3.89. The molecule has 130 valence electrons. The van der Waals surface area contributed by atoms with Crippen molar-refractivity contribution in [3.63, 3.8) is 0 Å². The molecule has 2 rings (SSSR count). The van der Waals surface area contributed by atoms with E-state index in [9.17, 15) is 28.8 Å². The summed E-state index contributed by atoms with van der Waals surface area (Å²) in [6.07, 6.45) is -6.06. The van der Waals surface area contributed by atoms with E-state index in [-0.39, 0.29) is 5.56 Å². The van der Waals surface area contributed by atoms with Crippen molar-refractivity contribution in [2.75, 3.05) is 6.56 Å². The number of alkyl halides is 1. The number of nitrogens with zero attached hydrogens (tertiary/aromatic N) is 1. The molecule has 1 fully saturated rings. The minimum Gasteiger partial charge on any atom is -0.385 e. The standard InChI is InChI=1S/C10H14FN2O9P/c1-4-2-13(9(17)12-7(4)16)8-5(14)6(15)10(11,22-8)3-21-23(18,19)20/h2,5-6,8,14-15H,3H2,1H3,(H,12,16,17)(H2,18,19,20)/t5-,6+,8-,10-/m1/s1/i3D2. The molecule has 0 aliphatic carbocycles. The highest BCUT2D eigenvalue weighted by molar-refractivity contribution is 7.46. The Hall–Kier alpha value is -1.40. The molecular weight excluding hydrogens is 342 g/mol. The lowest BCUT2D eigenvalue weighted by Crippen LogP contribution is -2.43. The lowest BCUT2D eigenvalue weighted by Gasteiger charge is -2.22. The summed E-state index contributed by atoms with van der Waals surface area (Å²) in [6.45, 7) is -2.63. The summed E-state index contributed by atoms with van der Waals surface area (Å²) >= 11 is 0. The van der Waals surface area contributed by atoms with Crippen LogP contribution in [0.2, 0.25) is 0 Å². The van der Waals surface area contributed by atoms with Gasteiger partial charge in [-0.2, -0.15) is 0 Å². The Morgan fingerprint density at radius 2 is 2.17 bits per heavy atom. The number of hydrogen-bond donors (Lipinski definition) is 5. The molecule has 0 radical (unpaired) electrons. The van der Waals surface area contributed by atoms with E-state index in [4.69, 9.17) is 12.5 Å². The number of aromatic nitrogens is 2. The topological polar surface area (TPSA) is 171 Å². The second-order valence-corrected chi connectivity index (χ2v) is 5.92. The van der Waals surface area contributed by atoms with E-state index in [0.29, 0.717) is 4.57 Å². The minimum absolute atomic E-state index is 0.0456. The molecule has 1 saturated heterocycles. The van der Waals surface area contributed by atoms with E-state index in [1.165, 1.54) is 6.92 Å². The van der Waals surface area contributed by atoms with Crippen LogP contribution in [0.15, 0.2) is 15.8 Å². The maximum Gasteiger partial charge on any atom is 0.469 e. The number of aromatic amines is 1. The fraction of sp³-hybridized carbons (Fsp3) is 0.600. The molecule has 1 aromatic rings. The quantitative estimate of drug-likeness (QED) is 0.377. The summed E-state index contributed by atoms with van der Waals surface area (Å²) in [6, 6.07) is 0. The molecule has 0 aromatic carbocycles. The normalized spacial score (nSPS) is 33.4. The first-order valence-corrected chi connectivity index (χ1v) is 7.54. The third-order valence-corrected chi connectivity index (χ3v) is 3.34. The van der Waals surface area contributed by atoms with Crippen LogP contribution in [0.3, 0.4) is 0 Å². The van der Waals surface area contributed by atoms with E-state index in [1.807, 2.05) is 4.98 Å². The summed E-state index contributed by atoms with van der Waals surface area (Å²) in [7, 11) is -5.55. The zero-order valence-corrected chi connectivity index (χ0v) is 12.3. The van der Waals surface area contributed by atoms with Crippen LogP contribution in [0.1, 0.15) is 14.5 Å². The fourth-order valence-electron chi connectivity index (χ4n) is 1.89. The van der Waals surface area contributed by atoms with Gasteiger partial charge in [-0.3, -0.25) is 18.9 Å². The molecule has 11 nitrogen and oxygen atoms in total. The van der Waals surface area contributed by atoms with Gasteiger partial charge < -0.3 is 24.7 Å². The van der Waals surface area contributed by atoms with E-state index >= 15 is 0 Å². The van der Waals surface area contributed by atoms with E-state index in [1.54, 1.807) is 0 Å². The Morgan fingerprint density at radius 3 is 2.74 bits per heavy atom. The Morgan fingerprint density at radius 1 is 1.57 bits per heavy atom. The number of rotatable bonds is 4. The van der Waals surface area contributed by atoms with Gasteiger partial charge >= 0.3 is 13.5 Å². The number of H-pyrrole nitrogens is 1. The highest BCUT2D eigenvalue weighted by Crippen LogP contribution is 2.43. The van der Waals surface area contributed by atoms with Gasteiger partial charge in [0.1, 0.15) is 18.8 Å². The molecule has 23 heavy (non-hydrogen) atoms. The van der Waals surface area contributed by atoms with E-state index in [0.717, 1.165) is 6.20 Å². The Bertz CT molecular complexity index is 838. The molecule has 4 atom stereocenters. The number of halogens is 1. The lowest BCUT2D eigenvalue weighted by molar-refractivity contribution is -0.205. The first kappa shape index (κ1) is 15.1. The molecule has 0 saturated carbocycles. The molecule has 5 N–H and O–H groups in total. The number of phosphoric acid groups is 1. The van der Waals surface area contributed by atoms with Gasteiger partial charge in [-0.05, 0) is 6.92 Å². The SMILES string of the molecule is [2H]C([2H])(OP(=O)(O)O)[C@@]1(F)O[C@@H](n2cc(C)c(=O)[nH]c2=O)[C@H](O)[C@@H]1O. The molecule has 0 amide bonds. The number of hydrogen-bond acceptors (Lipinski definition) is 7. The second-order valence-electron chi connectivity index (χ2n) is 4.75. The predicted octanol–water partition coefficient (Wildman–Crippen LogP) is -2.13. The van der Waals surface area contributed by atoms with Crippen molar-refractivity contribution in [2.24, 2.45) is 0 Å². The maximum atomic E-state index is 14.8. The van der Waals surface area contributed by atoms with Crippen molar-refractivity contribution in [1.29, 1.82) is 0 Å². The molecule has 2 heterocycles. The smallest absolute Gasteiger partial charge is 0.385 e. The molecule has 0 spiro atoms. The van der Waals surface area contributed by atoms with Crippen LogP contribution in [0, 0.1) is 6.92 Å². The van der Waals surface area contributed by atoms with Gasteiger partial charge in [0.05, 0.1) is 2.74 Å². The second kappa shape index (κ2) is 5.91. The zero-order chi connectivity index (χ0) is 19.4. The highest BCUT2D eigenvalue weighted by atomic mass is 31.2. The third kappa shape index (κ3) is 3.58. The fourth-order valence-corrected chi connectivity index (χ4v) is 2.14. The summed E-state index contributed by atoms with van der Waals surface area (Å²) in [4.78, 5) is 42.3. The molecule has 0 unspecified atom stereocenters. The van der Waals surface area contributed by atoms with Crippen molar-refractivity contribution >= 4 is 7.82 Å². The van der Waals surface area contributed by atoms with Gasteiger partial charge in [-0.25, -0.2) is 13.8 Å². The van der Waals surface area contributed by atoms with Crippen molar-refractivity contribution in [2.45, 2.75) is 31.2 Å². The van der Waals surface area contributed by atoms with Crippen LogP contribution >= 0.6 is 7.82 Å². The van der Waals surface area contributed by atoms with E-state index in [2.05, 4.69) is 9.26 Å². The largest absolute Gasteiger partial charge is 0.469 e. The van der Waals surface area contributed by atoms with Gasteiger partial charge in [-0.1, -0.05) is 0 Å². The van der Waals surface area contributed by atoms with Crippen LogP contribution in [0.4, 0.5) is 4.39 Å². The lowest BCUT2D eigenvalue weighted by atomic mass is 10.1. The number of aliphatic hydroxyl groups excluding tert-OH is 2. The molecular formula is C10H14FN2O9P. The third-order valence-electron chi connectivity index (χ3n) is 3.01. The van der Waals surface area contributed by atoms with Gasteiger partial charge in [0, 0.05) is 11.8 Å². The average Bonchev–Trinajstić information content (AvgIpc) is 2.66. The minimum atomic E-state index is -5.55. The molecule has 13 heteroatoms. The summed E-state index contributed by atoms with van der Waals surface area (Å²) in [5.41, 5.74) is -1.98. The van der Waals surface area contributed by atoms with Crippen LogP contribution in [-0.2, 0) is 13.8 Å². The first-order valence-electron chi connectivity index (χ1n) is 7.01. The van der Waals surface area contributed by atoms with Crippen LogP contribution in [0.5, 0.6) is 0 Å². The first-order chi connectivity index (χ1) is 11.2. The van der Waals surface area contributed by atoms with Gasteiger partial charge in [0.15, 0.2) is 6.23 Å². The maximum absolute atomic E-state index is 14.8. The van der Waals surface area contributed by atoms with Gasteiger partial charge in [0.2, 0.25) is 0 Å². The summed E-state index contributed by atoms with van der Waals surface area (Å²) in [5.74, 6) is -3.94. The number of aliphatic hydroxyl groups is 2. The van der Waals surface area contributed by atoms with Crippen LogP contribution in [-0.4, -0.2) is 54.2 Å². The molecule has 0 bridgehead atoms. The zero-order valence-electron chi connectivity index (χ0n) is 13.4. The highest BCUT2D eigenvalue weighted by Gasteiger charge is 2.57. The van der Waals surface area contributed by atoms with Crippen molar-refractivity contribution in [3.05, 3.63) is 32.6 Å². The van der Waals surface area contributed by atoms with E-state index < -0.39 is 49.9 Å². The number of phosphoric ester groups is 1. The van der Waals surface area contributed by atoms with Crippen molar-refractivity contribution in [3.8, 4) is 0 Å². The van der Waals surface area contributed by atoms with Crippen molar-refractivity contribution in [1.82, 2.24) is 9.55 Å².